The fraction of sp³-hybridized carbons (Fsp3) is 0. The van der Waals surface area contributed by atoms with E-state index in [4.69, 9.17) is 23.2 Å². The standard InChI is InChI=1S/C15H12Cl2N4O/c16-13-7-3-1-5-11(13)9-18-20-15(22)21-19-10-12-6-2-4-8-14(12)17/h1-10H,(H2,20,21,22)/b18-9-,19-10?. The van der Waals surface area contributed by atoms with Gasteiger partial charge in [0.25, 0.3) is 0 Å². The highest BCUT2D eigenvalue weighted by Gasteiger charge is 1.97. The average Bonchev–Trinajstić information content (AvgIpc) is 2.51. The number of carbonyl (C=O) groups excluding carboxylic acids is 1. The van der Waals surface area contributed by atoms with E-state index in [0.29, 0.717) is 21.2 Å². The fourth-order valence-electron chi connectivity index (χ4n) is 1.51. The van der Waals surface area contributed by atoms with Gasteiger partial charge >= 0.3 is 6.03 Å². The van der Waals surface area contributed by atoms with Crippen LogP contribution in [0.15, 0.2) is 58.7 Å². The van der Waals surface area contributed by atoms with Gasteiger partial charge in [-0.25, -0.2) is 15.6 Å². The summed E-state index contributed by atoms with van der Waals surface area (Å²) in [6.07, 6.45) is 2.89. The molecule has 0 saturated heterocycles. The van der Waals surface area contributed by atoms with Crippen LogP contribution in [-0.4, -0.2) is 18.5 Å². The maximum Gasteiger partial charge on any atom is 0.355 e. The minimum absolute atomic E-state index is 0.546. The predicted octanol–water partition coefficient (Wildman–Crippen LogP) is 3.66. The van der Waals surface area contributed by atoms with E-state index in [1.54, 1.807) is 24.3 Å². The van der Waals surface area contributed by atoms with Crippen molar-refractivity contribution in [1.29, 1.82) is 0 Å². The van der Waals surface area contributed by atoms with Gasteiger partial charge in [0.05, 0.1) is 12.4 Å². The fourth-order valence-corrected chi connectivity index (χ4v) is 1.87. The molecule has 2 aromatic carbocycles. The van der Waals surface area contributed by atoms with Gasteiger partial charge in [0.1, 0.15) is 0 Å². The molecule has 0 fully saturated rings. The summed E-state index contributed by atoms with van der Waals surface area (Å²) in [6, 6.07) is 13.7. The molecule has 0 heterocycles. The Bertz CT molecular complexity index is 657. The van der Waals surface area contributed by atoms with Gasteiger partial charge in [0.2, 0.25) is 0 Å². The Hall–Kier alpha value is -2.37. The molecule has 5 nitrogen and oxygen atoms in total. The Morgan fingerprint density at radius 1 is 0.818 bits per heavy atom. The number of rotatable bonds is 4. The van der Waals surface area contributed by atoms with E-state index >= 15 is 0 Å². The van der Waals surface area contributed by atoms with Gasteiger partial charge in [0.15, 0.2) is 0 Å². The van der Waals surface area contributed by atoms with Crippen molar-refractivity contribution in [2.24, 2.45) is 10.2 Å². The van der Waals surface area contributed by atoms with Crippen LogP contribution in [0.1, 0.15) is 11.1 Å². The van der Waals surface area contributed by atoms with E-state index in [1.807, 2.05) is 24.3 Å². The number of amides is 2. The van der Waals surface area contributed by atoms with Gasteiger partial charge in [0, 0.05) is 21.2 Å². The lowest BCUT2D eigenvalue weighted by molar-refractivity contribution is 0.242. The first-order valence-corrected chi connectivity index (χ1v) is 7.03. The van der Waals surface area contributed by atoms with Crippen LogP contribution in [-0.2, 0) is 0 Å². The van der Waals surface area contributed by atoms with Crippen LogP contribution >= 0.6 is 23.2 Å². The Morgan fingerprint density at radius 3 is 1.64 bits per heavy atom. The van der Waals surface area contributed by atoms with E-state index in [1.165, 1.54) is 12.4 Å². The maximum absolute atomic E-state index is 11.5. The molecule has 0 saturated carbocycles. The van der Waals surface area contributed by atoms with Gasteiger partial charge < -0.3 is 0 Å². The number of hydrogen-bond acceptors (Lipinski definition) is 3. The lowest BCUT2D eigenvalue weighted by Crippen LogP contribution is -2.28. The van der Waals surface area contributed by atoms with E-state index in [2.05, 4.69) is 21.1 Å². The largest absolute Gasteiger partial charge is 0.355 e. The first-order chi connectivity index (χ1) is 10.7. The van der Waals surface area contributed by atoms with Crippen molar-refractivity contribution in [3.05, 3.63) is 69.7 Å². The van der Waals surface area contributed by atoms with E-state index in [9.17, 15) is 4.79 Å². The Kier molecular flexibility index (Phi) is 5.94. The Balaban J connectivity index is 1.84. The number of carbonyl (C=O) groups is 1. The molecule has 22 heavy (non-hydrogen) atoms. The number of nitrogens with zero attached hydrogens (tertiary/aromatic N) is 2. The number of nitrogens with one attached hydrogen (secondary N) is 2. The molecule has 0 aliphatic carbocycles. The summed E-state index contributed by atoms with van der Waals surface area (Å²) in [5.41, 5.74) is 5.94. The molecule has 2 N–H and O–H groups in total. The lowest BCUT2D eigenvalue weighted by Gasteiger charge is -1.99. The molecule has 2 aromatic rings. The number of urea groups is 1. The molecular weight excluding hydrogens is 323 g/mol. The van der Waals surface area contributed by atoms with Crippen molar-refractivity contribution < 1.29 is 4.79 Å². The van der Waals surface area contributed by atoms with Gasteiger partial charge in [-0.3, -0.25) is 0 Å². The first-order valence-electron chi connectivity index (χ1n) is 6.28. The van der Waals surface area contributed by atoms with Gasteiger partial charge in [-0.1, -0.05) is 59.6 Å². The highest BCUT2D eigenvalue weighted by atomic mass is 35.5. The van der Waals surface area contributed by atoms with Crippen LogP contribution in [0.2, 0.25) is 10.0 Å². The smallest absolute Gasteiger partial charge is 0.245 e. The summed E-state index contributed by atoms with van der Waals surface area (Å²) < 4.78 is 0. The van der Waals surface area contributed by atoms with Crippen molar-refractivity contribution >= 4 is 41.7 Å². The van der Waals surface area contributed by atoms with Crippen molar-refractivity contribution in [2.75, 3.05) is 0 Å². The molecule has 112 valence electrons. The first kappa shape index (κ1) is 16.0. The number of benzene rings is 2. The van der Waals surface area contributed by atoms with Crippen molar-refractivity contribution in [2.45, 2.75) is 0 Å². The van der Waals surface area contributed by atoms with Crippen molar-refractivity contribution in [3.63, 3.8) is 0 Å². The molecule has 0 aliphatic heterocycles. The van der Waals surface area contributed by atoms with Gasteiger partial charge in [-0.05, 0) is 12.1 Å². The summed E-state index contributed by atoms with van der Waals surface area (Å²) in [5, 5.41) is 8.64. The average molecular weight is 335 g/mol. The monoisotopic (exact) mass is 334 g/mol. The summed E-state index contributed by atoms with van der Waals surface area (Å²) in [5.74, 6) is 0. The predicted molar refractivity (Wildman–Crippen MR) is 89.8 cm³/mol. The summed E-state index contributed by atoms with van der Waals surface area (Å²) in [6.45, 7) is 0. The van der Waals surface area contributed by atoms with Crippen LogP contribution in [0.3, 0.4) is 0 Å². The molecule has 0 atom stereocenters. The molecule has 2 rings (SSSR count). The molecule has 0 spiro atoms. The second-order valence-electron chi connectivity index (χ2n) is 4.11. The molecule has 0 bridgehead atoms. The zero-order chi connectivity index (χ0) is 15.8. The van der Waals surface area contributed by atoms with Crippen LogP contribution in [0.4, 0.5) is 4.79 Å². The molecule has 0 aromatic heterocycles. The highest BCUT2D eigenvalue weighted by Crippen LogP contribution is 2.12. The SMILES string of the molecule is O=C(NN=Cc1ccccc1Cl)N/N=C\c1ccccc1Cl. The zero-order valence-corrected chi connectivity index (χ0v) is 12.8. The second-order valence-corrected chi connectivity index (χ2v) is 4.93. The quantitative estimate of drug-likeness (QED) is 0.650. The molecule has 0 aliphatic rings. The second kappa shape index (κ2) is 8.17. The molecular formula is C15H12Cl2N4O. The van der Waals surface area contributed by atoms with Gasteiger partial charge in [-0.2, -0.15) is 10.2 Å². The number of halogens is 2. The summed E-state index contributed by atoms with van der Waals surface area (Å²) in [4.78, 5) is 11.5. The summed E-state index contributed by atoms with van der Waals surface area (Å²) in [7, 11) is 0. The van der Waals surface area contributed by atoms with Crippen molar-refractivity contribution in [1.82, 2.24) is 10.9 Å². The molecule has 0 radical (unpaired) electrons. The molecule has 7 heteroatoms. The minimum Gasteiger partial charge on any atom is -0.245 e. The topological polar surface area (TPSA) is 65.8 Å². The van der Waals surface area contributed by atoms with E-state index < -0.39 is 6.03 Å². The summed E-state index contributed by atoms with van der Waals surface area (Å²) >= 11 is 11.9. The Labute approximate surface area is 137 Å². The maximum atomic E-state index is 11.5. The van der Waals surface area contributed by atoms with Crippen LogP contribution in [0.25, 0.3) is 0 Å². The third-order valence-electron chi connectivity index (χ3n) is 2.55. The third kappa shape index (κ3) is 4.87. The van der Waals surface area contributed by atoms with Crippen LogP contribution < -0.4 is 10.9 Å². The van der Waals surface area contributed by atoms with Crippen LogP contribution in [0, 0.1) is 0 Å². The van der Waals surface area contributed by atoms with Gasteiger partial charge in [-0.15, -0.1) is 0 Å². The van der Waals surface area contributed by atoms with E-state index in [0.717, 1.165) is 0 Å². The zero-order valence-electron chi connectivity index (χ0n) is 11.3. The van der Waals surface area contributed by atoms with Crippen LogP contribution in [0.5, 0.6) is 0 Å². The molecule has 0 unspecified atom stereocenters. The normalized spacial score (nSPS) is 11.0. The third-order valence-corrected chi connectivity index (χ3v) is 3.24. The lowest BCUT2D eigenvalue weighted by atomic mass is 10.2. The van der Waals surface area contributed by atoms with Crippen molar-refractivity contribution in [3.8, 4) is 0 Å². The number of hydrazone groups is 2. The highest BCUT2D eigenvalue weighted by molar-refractivity contribution is 6.33. The minimum atomic E-state index is -0.577. The van der Waals surface area contributed by atoms with E-state index in [-0.39, 0.29) is 0 Å². The Morgan fingerprint density at radius 2 is 1.23 bits per heavy atom. The molecule has 2 amide bonds. The number of hydrogen-bond donors (Lipinski definition) is 2.